The fourth-order valence-electron chi connectivity index (χ4n) is 3.03. The Bertz CT molecular complexity index is 880. The monoisotopic (exact) mass is 450 g/mol. The molecule has 0 spiro atoms. The zero-order chi connectivity index (χ0) is 20.8. The highest BCUT2D eigenvalue weighted by atomic mass is 35.5. The van der Waals surface area contributed by atoms with Gasteiger partial charge in [0.1, 0.15) is 5.75 Å². The molecule has 5 nitrogen and oxygen atoms in total. The van der Waals surface area contributed by atoms with Gasteiger partial charge in [0.25, 0.3) is 0 Å². The predicted octanol–water partition coefficient (Wildman–Crippen LogP) is 3.43. The van der Waals surface area contributed by atoms with Crippen LogP contribution in [0.2, 0.25) is 5.02 Å². The third-order valence-corrected chi connectivity index (χ3v) is 7.15. The summed E-state index contributed by atoms with van der Waals surface area (Å²) < 4.78 is 12.4. The van der Waals surface area contributed by atoms with Gasteiger partial charge in [-0.1, -0.05) is 35.5 Å². The first-order valence-electron chi connectivity index (χ1n) is 9.31. The lowest BCUT2D eigenvalue weighted by Gasteiger charge is -2.34. The number of nitrogens with zero attached hydrogens (tertiary/aromatic N) is 2. The predicted molar refractivity (Wildman–Crippen MR) is 118 cm³/mol. The summed E-state index contributed by atoms with van der Waals surface area (Å²) in [5.41, 5.74) is 0.943. The van der Waals surface area contributed by atoms with Crippen molar-refractivity contribution < 1.29 is 13.8 Å². The Morgan fingerprint density at radius 1 is 0.931 bits per heavy atom. The first-order chi connectivity index (χ1) is 13.9. The molecule has 1 atom stereocenters. The van der Waals surface area contributed by atoms with Gasteiger partial charge < -0.3 is 9.80 Å². The molecule has 2 amide bonds. The second-order valence-corrected chi connectivity index (χ2v) is 9.86. The number of rotatable bonds is 6. The third kappa shape index (κ3) is 6.59. The fraction of sp³-hybridized carbons (Fsp3) is 0.333. The number of benzene rings is 2. The van der Waals surface area contributed by atoms with Crippen molar-refractivity contribution in [1.82, 2.24) is 9.80 Å². The van der Waals surface area contributed by atoms with Crippen LogP contribution >= 0.6 is 23.4 Å². The summed E-state index contributed by atoms with van der Waals surface area (Å²) >= 11 is 7.54. The maximum Gasteiger partial charge on any atom is 0.235 e. The number of halogens is 1. The Balaban J connectivity index is 1.47. The van der Waals surface area contributed by atoms with Gasteiger partial charge >= 0.3 is 0 Å². The van der Waals surface area contributed by atoms with Gasteiger partial charge in [0.2, 0.25) is 11.8 Å². The summed E-state index contributed by atoms with van der Waals surface area (Å²) in [4.78, 5) is 29.3. The quantitative estimate of drug-likeness (QED) is 0.676. The van der Waals surface area contributed by atoms with Gasteiger partial charge in [-0.15, -0.1) is 0 Å². The Morgan fingerprint density at radius 3 is 2.00 bits per heavy atom. The standard InChI is InChI=1S/C21H23ClN2O3S2/c1-16(25)23-10-12-24(13-11-23)21(26)15-29(27)14-17-2-6-19(7-3-17)28-20-8-4-18(22)5-9-20/h2-9H,10-15H2,1H3. The largest absolute Gasteiger partial charge is 0.339 e. The molecule has 154 valence electrons. The van der Waals surface area contributed by atoms with Crippen molar-refractivity contribution in [2.75, 3.05) is 31.9 Å². The zero-order valence-electron chi connectivity index (χ0n) is 16.2. The molecule has 1 aliphatic heterocycles. The van der Waals surface area contributed by atoms with E-state index >= 15 is 0 Å². The molecule has 1 unspecified atom stereocenters. The first-order valence-corrected chi connectivity index (χ1v) is 12.0. The van der Waals surface area contributed by atoms with Crippen molar-refractivity contribution >= 4 is 46.0 Å². The van der Waals surface area contributed by atoms with Gasteiger partial charge in [-0.2, -0.15) is 0 Å². The van der Waals surface area contributed by atoms with Crippen molar-refractivity contribution in [1.29, 1.82) is 0 Å². The van der Waals surface area contributed by atoms with Crippen LogP contribution in [0, 0.1) is 0 Å². The molecule has 1 heterocycles. The summed E-state index contributed by atoms with van der Waals surface area (Å²) in [7, 11) is -1.26. The normalized spacial score (nSPS) is 15.2. The molecule has 0 radical (unpaired) electrons. The van der Waals surface area contributed by atoms with E-state index in [1.54, 1.807) is 21.6 Å². The van der Waals surface area contributed by atoms with Crippen molar-refractivity contribution in [2.24, 2.45) is 0 Å². The average molecular weight is 451 g/mol. The van der Waals surface area contributed by atoms with E-state index in [1.807, 2.05) is 48.5 Å². The van der Waals surface area contributed by atoms with E-state index in [0.29, 0.717) is 37.0 Å². The molecular weight excluding hydrogens is 428 g/mol. The maximum atomic E-state index is 12.4. The molecule has 2 aromatic carbocycles. The van der Waals surface area contributed by atoms with Crippen LogP contribution in [0.25, 0.3) is 0 Å². The summed E-state index contributed by atoms with van der Waals surface area (Å²) in [5.74, 6) is 0.284. The molecular formula is C21H23ClN2O3S2. The molecule has 0 N–H and O–H groups in total. The lowest BCUT2D eigenvalue weighted by molar-refractivity contribution is -0.136. The first kappa shape index (κ1) is 21.9. The highest BCUT2D eigenvalue weighted by Gasteiger charge is 2.23. The maximum absolute atomic E-state index is 12.4. The molecule has 0 aromatic heterocycles. The minimum Gasteiger partial charge on any atom is -0.339 e. The van der Waals surface area contributed by atoms with Crippen LogP contribution in [0.1, 0.15) is 12.5 Å². The number of hydrogen-bond acceptors (Lipinski definition) is 4. The Kier molecular flexibility index (Phi) is 7.75. The van der Waals surface area contributed by atoms with Crippen LogP contribution in [-0.4, -0.2) is 57.8 Å². The van der Waals surface area contributed by atoms with E-state index in [4.69, 9.17) is 11.6 Å². The SMILES string of the molecule is CC(=O)N1CCN(C(=O)CS(=O)Cc2ccc(Sc3ccc(Cl)cc3)cc2)CC1. The van der Waals surface area contributed by atoms with E-state index < -0.39 is 10.8 Å². The minimum atomic E-state index is -1.26. The molecule has 1 saturated heterocycles. The van der Waals surface area contributed by atoms with Crippen LogP contribution in [0.4, 0.5) is 0 Å². The van der Waals surface area contributed by atoms with Gasteiger partial charge in [0.15, 0.2) is 0 Å². The van der Waals surface area contributed by atoms with Crippen LogP contribution < -0.4 is 0 Å². The number of hydrogen-bond donors (Lipinski definition) is 0. The second kappa shape index (κ2) is 10.3. The summed E-state index contributed by atoms with van der Waals surface area (Å²) in [6.45, 7) is 3.63. The fourth-order valence-corrected chi connectivity index (χ4v) is 5.10. The smallest absolute Gasteiger partial charge is 0.235 e. The van der Waals surface area contributed by atoms with E-state index in [9.17, 15) is 13.8 Å². The van der Waals surface area contributed by atoms with Crippen molar-refractivity contribution in [3.05, 3.63) is 59.1 Å². The molecule has 2 aromatic rings. The summed E-state index contributed by atoms with van der Waals surface area (Å²) in [6.07, 6.45) is 0. The average Bonchev–Trinajstić information content (AvgIpc) is 2.71. The molecule has 1 fully saturated rings. The van der Waals surface area contributed by atoms with Gasteiger partial charge in [0.05, 0.1) is 0 Å². The zero-order valence-corrected chi connectivity index (χ0v) is 18.6. The van der Waals surface area contributed by atoms with E-state index in [0.717, 1.165) is 15.4 Å². The number of carbonyl (C=O) groups excluding carboxylic acids is 2. The van der Waals surface area contributed by atoms with Crippen molar-refractivity contribution in [2.45, 2.75) is 22.5 Å². The van der Waals surface area contributed by atoms with Crippen LogP contribution in [0.5, 0.6) is 0 Å². The number of amides is 2. The van der Waals surface area contributed by atoms with Gasteiger partial charge in [-0.3, -0.25) is 13.8 Å². The molecule has 0 aliphatic carbocycles. The van der Waals surface area contributed by atoms with Crippen molar-refractivity contribution in [3.8, 4) is 0 Å². The number of piperazine rings is 1. The van der Waals surface area contributed by atoms with E-state index in [1.165, 1.54) is 6.92 Å². The molecule has 1 aliphatic rings. The summed E-state index contributed by atoms with van der Waals surface area (Å²) in [5, 5.41) is 0.711. The second-order valence-electron chi connectivity index (χ2n) is 6.82. The molecule has 0 saturated carbocycles. The van der Waals surface area contributed by atoms with Crippen LogP contribution in [0.3, 0.4) is 0 Å². The van der Waals surface area contributed by atoms with Crippen molar-refractivity contribution in [3.63, 3.8) is 0 Å². The third-order valence-electron chi connectivity index (χ3n) is 4.66. The van der Waals surface area contributed by atoms with Crippen LogP contribution in [-0.2, 0) is 26.1 Å². The minimum absolute atomic E-state index is 0.0152. The Morgan fingerprint density at radius 2 is 1.45 bits per heavy atom. The lowest BCUT2D eigenvalue weighted by Crippen LogP contribution is -2.51. The van der Waals surface area contributed by atoms with E-state index in [-0.39, 0.29) is 17.6 Å². The van der Waals surface area contributed by atoms with E-state index in [2.05, 4.69) is 0 Å². The highest BCUT2D eigenvalue weighted by molar-refractivity contribution is 7.99. The number of carbonyl (C=O) groups is 2. The Labute approximate surface area is 182 Å². The molecule has 0 bridgehead atoms. The van der Waals surface area contributed by atoms with Gasteiger partial charge in [-0.05, 0) is 42.0 Å². The highest BCUT2D eigenvalue weighted by Crippen LogP contribution is 2.28. The van der Waals surface area contributed by atoms with Gasteiger partial charge in [-0.25, -0.2) is 0 Å². The molecule has 8 heteroatoms. The molecule has 3 rings (SSSR count). The van der Waals surface area contributed by atoms with Gasteiger partial charge in [0, 0.05) is 64.5 Å². The van der Waals surface area contributed by atoms with Crippen LogP contribution in [0.15, 0.2) is 58.3 Å². The topological polar surface area (TPSA) is 57.7 Å². The molecule has 29 heavy (non-hydrogen) atoms. The Hall–Kier alpha value is -1.83. The lowest BCUT2D eigenvalue weighted by atomic mass is 10.2. The summed E-state index contributed by atoms with van der Waals surface area (Å²) in [6, 6.07) is 15.5.